The molecule has 0 fully saturated rings. The van der Waals surface area contributed by atoms with Crippen LogP contribution in [0.1, 0.15) is 71.3 Å². The van der Waals surface area contributed by atoms with Gasteiger partial charge < -0.3 is 21.1 Å². The molecule has 3 amide bonds. The normalized spacial score (nSPS) is 12.4. The van der Waals surface area contributed by atoms with E-state index >= 15 is 0 Å². The number of nitrogens with two attached hydrogens (primary N) is 1. The van der Waals surface area contributed by atoms with Crippen LogP contribution in [0.2, 0.25) is 0 Å². The Hall–Kier alpha value is -3.07. The minimum absolute atomic E-state index is 0.0313. The van der Waals surface area contributed by atoms with Crippen molar-refractivity contribution in [1.82, 2.24) is 5.32 Å². The van der Waals surface area contributed by atoms with Gasteiger partial charge in [-0.05, 0) is 57.7 Å². The van der Waals surface area contributed by atoms with Crippen LogP contribution in [-0.4, -0.2) is 48.0 Å². The highest BCUT2D eigenvalue weighted by Crippen LogP contribution is 2.13. The van der Waals surface area contributed by atoms with Gasteiger partial charge in [0.25, 0.3) is 0 Å². The largest absolute Gasteiger partial charge is 0.376 e. The van der Waals surface area contributed by atoms with Crippen LogP contribution in [0.25, 0.3) is 0 Å². The van der Waals surface area contributed by atoms with Gasteiger partial charge in [0, 0.05) is 37.4 Å². The Labute approximate surface area is 201 Å². The van der Waals surface area contributed by atoms with Gasteiger partial charge in [0.2, 0.25) is 17.7 Å². The maximum absolute atomic E-state index is 12.1. The summed E-state index contributed by atoms with van der Waals surface area (Å²) in [5.41, 5.74) is 6.71. The molecule has 1 unspecified atom stereocenters. The van der Waals surface area contributed by atoms with Crippen LogP contribution in [0.4, 0.5) is 5.69 Å². The van der Waals surface area contributed by atoms with Crippen LogP contribution in [0.5, 0.6) is 0 Å². The van der Waals surface area contributed by atoms with E-state index in [4.69, 9.17) is 10.5 Å². The van der Waals surface area contributed by atoms with E-state index in [0.29, 0.717) is 38.0 Å². The van der Waals surface area contributed by atoms with Gasteiger partial charge in [0.15, 0.2) is 0 Å². The van der Waals surface area contributed by atoms with Crippen LogP contribution >= 0.6 is 0 Å². The first-order valence-electron chi connectivity index (χ1n) is 11.6. The van der Waals surface area contributed by atoms with Crippen LogP contribution in [0.15, 0.2) is 24.3 Å². The summed E-state index contributed by atoms with van der Waals surface area (Å²) in [6, 6.07) is 7.02. The van der Waals surface area contributed by atoms with Gasteiger partial charge in [0.05, 0.1) is 19.1 Å². The Bertz CT molecular complexity index is 838. The molecule has 1 aromatic carbocycles. The van der Waals surface area contributed by atoms with E-state index < -0.39 is 0 Å². The lowest BCUT2D eigenvalue weighted by Crippen LogP contribution is -2.36. The van der Waals surface area contributed by atoms with Crippen molar-refractivity contribution in [1.29, 1.82) is 0 Å². The third-order valence-corrected chi connectivity index (χ3v) is 5.02. The second-order valence-corrected chi connectivity index (χ2v) is 8.63. The van der Waals surface area contributed by atoms with E-state index in [1.54, 1.807) is 12.1 Å². The van der Waals surface area contributed by atoms with Crippen molar-refractivity contribution < 1.29 is 28.7 Å². The van der Waals surface area contributed by atoms with Crippen molar-refractivity contribution >= 4 is 35.0 Å². The second-order valence-electron chi connectivity index (χ2n) is 8.63. The maximum Gasteiger partial charge on any atom is 0.224 e. The van der Waals surface area contributed by atoms with E-state index in [0.717, 1.165) is 5.56 Å². The van der Waals surface area contributed by atoms with E-state index in [1.807, 2.05) is 26.0 Å². The zero-order chi connectivity index (χ0) is 25.5. The zero-order valence-electron chi connectivity index (χ0n) is 20.4. The standard InChI is InChI=1S/C25H37N3O6/c1-17(16-34-19(3)7-14-23(26)31)27-24(32)5-4-6-25(33)28-21-11-8-20(9-12-21)10-13-22(30)15-18(2)29/h8-9,11-12,17,19H,4-7,10,13-16H2,1-3H3,(H2,26,31)(H,27,32)(H,28,33)/t17-,19?/m0/s1. The Morgan fingerprint density at radius 3 is 2.21 bits per heavy atom. The molecule has 0 saturated carbocycles. The molecule has 0 aromatic heterocycles. The van der Waals surface area contributed by atoms with Crippen molar-refractivity contribution in [3.63, 3.8) is 0 Å². The fourth-order valence-corrected chi connectivity index (χ4v) is 3.16. The molecule has 1 rings (SSSR count). The predicted octanol–water partition coefficient (Wildman–Crippen LogP) is 2.45. The van der Waals surface area contributed by atoms with Crippen LogP contribution in [0, 0.1) is 0 Å². The summed E-state index contributed by atoms with van der Waals surface area (Å²) in [6.45, 7) is 5.40. The molecule has 34 heavy (non-hydrogen) atoms. The van der Waals surface area contributed by atoms with Crippen molar-refractivity contribution in [2.45, 2.75) is 84.3 Å². The zero-order valence-corrected chi connectivity index (χ0v) is 20.4. The highest BCUT2D eigenvalue weighted by molar-refractivity contribution is 5.98. The number of amides is 3. The molecule has 0 saturated heterocycles. The quantitative estimate of drug-likeness (QED) is 0.295. The number of anilines is 1. The molecular weight excluding hydrogens is 438 g/mol. The Morgan fingerprint density at radius 2 is 1.59 bits per heavy atom. The topological polar surface area (TPSA) is 145 Å². The van der Waals surface area contributed by atoms with Gasteiger partial charge in [-0.3, -0.25) is 24.0 Å². The average molecular weight is 476 g/mol. The lowest BCUT2D eigenvalue weighted by Gasteiger charge is -2.18. The summed E-state index contributed by atoms with van der Waals surface area (Å²) < 4.78 is 5.60. The molecule has 2 atom stereocenters. The van der Waals surface area contributed by atoms with Gasteiger partial charge in [-0.15, -0.1) is 0 Å². The monoisotopic (exact) mass is 475 g/mol. The number of carbonyl (C=O) groups excluding carboxylic acids is 5. The molecule has 0 radical (unpaired) electrons. The minimum Gasteiger partial charge on any atom is -0.376 e. The van der Waals surface area contributed by atoms with Crippen LogP contribution in [0.3, 0.4) is 0 Å². The number of primary amides is 1. The highest BCUT2D eigenvalue weighted by atomic mass is 16.5. The number of benzene rings is 1. The Morgan fingerprint density at radius 1 is 0.941 bits per heavy atom. The molecule has 1 aromatic rings. The number of aryl methyl sites for hydroxylation is 1. The summed E-state index contributed by atoms with van der Waals surface area (Å²) in [4.78, 5) is 57.6. The number of Topliss-reactive ketones (excluding diaryl/α,β-unsaturated/α-hetero) is 2. The molecule has 9 heteroatoms. The molecule has 188 valence electrons. The van der Waals surface area contributed by atoms with Crippen molar-refractivity contribution in [3.05, 3.63) is 29.8 Å². The van der Waals surface area contributed by atoms with E-state index in [-0.39, 0.29) is 67.1 Å². The number of nitrogens with one attached hydrogen (secondary N) is 2. The van der Waals surface area contributed by atoms with Gasteiger partial charge >= 0.3 is 0 Å². The Kier molecular flexibility index (Phi) is 13.4. The first-order valence-corrected chi connectivity index (χ1v) is 11.6. The van der Waals surface area contributed by atoms with Gasteiger partial charge in [0.1, 0.15) is 11.6 Å². The molecule has 0 spiro atoms. The average Bonchev–Trinajstić information content (AvgIpc) is 2.75. The second kappa shape index (κ2) is 15.7. The summed E-state index contributed by atoms with van der Waals surface area (Å²) in [5.74, 6) is -0.916. The molecule has 0 aliphatic carbocycles. The number of ketones is 2. The number of rotatable bonds is 17. The molecule has 0 aliphatic rings. The van der Waals surface area contributed by atoms with Crippen molar-refractivity contribution in [2.24, 2.45) is 5.73 Å². The summed E-state index contributed by atoms with van der Waals surface area (Å²) >= 11 is 0. The number of hydrogen-bond acceptors (Lipinski definition) is 6. The van der Waals surface area contributed by atoms with Gasteiger partial charge in [-0.25, -0.2) is 0 Å². The Balaban J connectivity index is 2.23. The summed E-state index contributed by atoms with van der Waals surface area (Å²) in [7, 11) is 0. The fraction of sp³-hybridized carbons (Fsp3) is 0.560. The molecular formula is C25H37N3O6. The number of hydrogen-bond donors (Lipinski definition) is 3. The summed E-state index contributed by atoms with van der Waals surface area (Å²) in [5, 5.41) is 5.62. The van der Waals surface area contributed by atoms with Crippen LogP contribution < -0.4 is 16.4 Å². The van der Waals surface area contributed by atoms with E-state index in [2.05, 4.69) is 10.6 Å². The van der Waals surface area contributed by atoms with Crippen molar-refractivity contribution in [3.8, 4) is 0 Å². The highest BCUT2D eigenvalue weighted by Gasteiger charge is 2.12. The molecule has 4 N–H and O–H groups in total. The molecule has 0 heterocycles. The lowest BCUT2D eigenvalue weighted by molar-refractivity contribution is -0.126. The molecule has 9 nitrogen and oxygen atoms in total. The third-order valence-electron chi connectivity index (χ3n) is 5.02. The number of carbonyl (C=O) groups is 5. The van der Waals surface area contributed by atoms with Crippen molar-refractivity contribution in [2.75, 3.05) is 11.9 Å². The van der Waals surface area contributed by atoms with Gasteiger partial charge in [-0.2, -0.15) is 0 Å². The SMILES string of the molecule is CC(=O)CC(=O)CCc1ccc(NC(=O)CCCC(=O)N[C@@H](C)COC(C)CCC(N)=O)cc1. The summed E-state index contributed by atoms with van der Waals surface area (Å²) in [6.07, 6.45) is 2.35. The predicted molar refractivity (Wildman–Crippen MR) is 129 cm³/mol. The first-order chi connectivity index (χ1) is 16.0. The number of ether oxygens (including phenoxy) is 1. The molecule has 0 bridgehead atoms. The lowest BCUT2D eigenvalue weighted by atomic mass is 10.0. The fourth-order valence-electron chi connectivity index (χ4n) is 3.16. The van der Waals surface area contributed by atoms with Crippen LogP contribution in [-0.2, 0) is 35.1 Å². The maximum atomic E-state index is 12.1. The smallest absolute Gasteiger partial charge is 0.224 e. The molecule has 0 aliphatic heterocycles. The van der Waals surface area contributed by atoms with E-state index in [1.165, 1.54) is 6.92 Å². The third kappa shape index (κ3) is 14.2. The minimum atomic E-state index is -0.368. The first kappa shape index (κ1) is 29.0. The van der Waals surface area contributed by atoms with Gasteiger partial charge in [-0.1, -0.05) is 12.1 Å². The van der Waals surface area contributed by atoms with E-state index in [9.17, 15) is 24.0 Å².